The van der Waals surface area contributed by atoms with Gasteiger partial charge in [-0.1, -0.05) is 36.4 Å². The van der Waals surface area contributed by atoms with Gasteiger partial charge in [0.25, 0.3) is 5.91 Å². The van der Waals surface area contributed by atoms with Crippen LogP contribution in [-0.4, -0.2) is 49.3 Å². The minimum Gasteiger partial charge on any atom is -0.345 e. The van der Waals surface area contributed by atoms with E-state index >= 15 is 0 Å². The third-order valence-electron chi connectivity index (χ3n) is 4.14. The van der Waals surface area contributed by atoms with E-state index in [1.165, 1.54) is 4.90 Å². The van der Waals surface area contributed by atoms with Crippen LogP contribution in [0.1, 0.15) is 28.9 Å². The van der Waals surface area contributed by atoms with Crippen molar-refractivity contribution in [1.29, 1.82) is 0 Å². The highest BCUT2D eigenvalue weighted by molar-refractivity contribution is 5.97. The minimum absolute atomic E-state index is 0.0917. The summed E-state index contributed by atoms with van der Waals surface area (Å²) in [6.07, 6.45) is 0. The maximum absolute atomic E-state index is 12.3. The van der Waals surface area contributed by atoms with E-state index in [0.29, 0.717) is 11.3 Å². The Morgan fingerprint density at radius 2 is 1.68 bits per heavy atom. The van der Waals surface area contributed by atoms with Crippen LogP contribution in [0.25, 0.3) is 0 Å². The van der Waals surface area contributed by atoms with Gasteiger partial charge in [0.2, 0.25) is 5.91 Å². The third kappa shape index (κ3) is 5.16. The lowest BCUT2D eigenvalue weighted by Crippen LogP contribution is -2.32. The number of hydrogen-bond donors (Lipinski definition) is 1. The molecule has 0 fully saturated rings. The van der Waals surface area contributed by atoms with Crippen molar-refractivity contribution in [3.05, 3.63) is 65.7 Å². The van der Waals surface area contributed by atoms with Crippen LogP contribution in [0.3, 0.4) is 0 Å². The number of nitrogens with one attached hydrogen (secondary N) is 1. The zero-order chi connectivity index (χ0) is 18.4. The Bertz CT molecular complexity index is 729. The number of benzene rings is 2. The molecule has 0 saturated heterocycles. The number of carbonyl (C=O) groups excluding carboxylic acids is 2. The van der Waals surface area contributed by atoms with Crippen molar-refractivity contribution in [2.75, 3.05) is 33.0 Å². The molecule has 0 saturated carbocycles. The molecule has 0 aliphatic heterocycles. The second-order valence-electron chi connectivity index (χ2n) is 6.33. The van der Waals surface area contributed by atoms with Crippen molar-refractivity contribution in [3.63, 3.8) is 0 Å². The molecule has 1 unspecified atom stereocenters. The summed E-state index contributed by atoms with van der Waals surface area (Å²) in [6, 6.07) is 17.2. The third-order valence-corrected chi connectivity index (χ3v) is 4.14. The van der Waals surface area contributed by atoms with Crippen LogP contribution >= 0.6 is 0 Å². The molecule has 5 nitrogen and oxygen atoms in total. The van der Waals surface area contributed by atoms with Gasteiger partial charge in [0.1, 0.15) is 0 Å². The summed E-state index contributed by atoms with van der Waals surface area (Å²) in [7, 11) is 5.32. The first-order valence-electron chi connectivity index (χ1n) is 8.25. The largest absolute Gasteiger partial charge is 0.345 e. The molecule has 0 bridgehead atoms. The summed E-state index contributed by atoms with van der Waals surface area (Å²) in [4.78, 5) is 27.8. The van der Waals surface area contributed by atoms with Crippen molar-refractivity contribution < 1.29 is 9.59 Å². The van der Waals surface area contributed by atoms with E-state index in [1.807, 2.05) is 30.1 Å². The van der Waals surface area contributed by atoms with Gasteiger partial charge in [-0.25, -0.2) is 0 Å². The zero-order valence-corrected chi connectivity index (χ0v) is 15.2. The lowest BCUT2D eigenvalue weighted by molar-refractivity contribution is -0.117. The number of nitrogens with zero attached hydrogens (tertiary/aromatic N) is 2. The van der Waals surface area contributed by atoms with Crippen molar-refractivity contribution >= 4 is 17.5 Å². The molecule has 2 rings (SSSR count). The maximum Gasteiger partial charge on any atom is 0.253 e. The monoisotopic (exact) mass is 339 g/mol. The standard InChI is InChI=1S/C20H25N3O2/c1-15(16-9-6-5-7-10-16)23(4)14-19(24)21-18-12-8-11-17(13-18)20(25)22(2)3/h5-13,15H,14H2,1-4H3,(H,21,24). The fourth-order valence-corrected chi connectivity index (χ4v) is 2.54. The van der Waals surface area contributed by atoms with E-state index < -0.39 is 0 Å². The smallest absolute Gasteiger partial charge is 0.253 e. The number of carbonyl (C=O) groups is 2. The SMILES string of the molecule is CC(c1ccccc1)N(C)CC(=O)Nc1cccc(C(=O)N(C)C)c1. The average molecular weight is 339 g/mol. The molecule has 2 aromatic carbocycles. The van der Waals surface area contributed by atoms with E-state index in [0.717, 1.165) is 5.56 Å². The number of rotatable bonds is 6. The molecule has 0 radical (unpaired) electrons. The molecule has 5 heteroatoms. The topological polar surface area (TPSA) is 52.7 Å². The molecule has 1 atom stereocenters. The number of amides is 2. The van der Waals surface area contributed by atoms with Crippen LogP contribution in [0.2, 0.25) is 0 Å². The Balaban J connectivity index is 1.98. The van der Waals surface area contributed by atoms with Crippen molar-refractivity contribution in [2.24, 2.45) is 0 Å². The van der Waals surface area contributed by atoms with Crippen molar-refractivity contribution in [2.45, 2.75) is 13.0 Å². The van der Waals surface area contributed by atoms with E-state index in [-0.39, 0.29) is 24.4 Å². The first kappa shape index (κ1) is 18.7. The minimum atomic E-state index is -0.111. The first-order chi connectivity index (χ1) is 11.9. The molecule has 0 heterocycles. The molecule has 2 amide bonds. The van der Waals surface area contributed by atoms with Crippen LogP contribution in [0.5, 0.6) is 0 Å². The summed E-state index contributed by atoms with van der Waals surface area (Å²) in [5, 5.41) is 2.86. The number of hydrogen-bond acceptors (Lipinski definition) is 3. The van der Waals surface area contributed by atoms with E-state index in [4.69, 9.17) is 0 Å². The molecule has 0 aliphatic carbocycles. The Morgan fingerprint density at radius 1 is 1.00 bits per heavy atom. The molecular formula is C20H25N3O2. The first-order valence-corrected chi connectivity index (χ1v) is 8.25. The Kier molecular flexibility index (Phi) is 6.31. The molecule has 0 aliphatic rings. The van der Waals surface area contributed by atoms with Crippen LogP contribution in [-0.2, 0) is 4.79 Å². The molecule has 1 N–H and O–H groups in total. The maximum atomic E-state index is 12.3. The summed E-state index contributed by atoms with van der Waals surface area (Å²) in [5.74, 6) is -0.203. The van der Waals surface area contributed by atoms with Gasteiger partial charge in [0, 0.05) is 31.4 Å². The van der Waals surface area contributed by atoms with Gasteiger partial charge in [-0.15, -0.1) is 0 Å². The normalized spacial score (nSPS) is 11.9. The van der Waals surface area contributed by atoms with Gasteiger partial charge in [0.05, 0.1) is 6.54 Å². The van der Waals surface area contributed by atoms with Gasteiger partial charge in [-0.05, 0) is 37.7 Å². The molecular weight excluding hydrogens is 314 g/mol. The summed E-state index contributed by atoms with van der Waals surface area (Å²) < 4.78 is 0. The van der Waals surface area contributed by atoms with Crippen LogP contribution in [0, 0.1) is 0 Å². The Morgan fingerprint density at radius 3 is 2.32 bits per heavy atom. The molecule has 132 valence electrons. The van der Waals surface area contributed by atoms with E-state index in [1.54, 1.807) is 38.4 Å². The second-order valence-corrected chi connectivity index (χ2v) is 6.33. The molecule has 25 heavy (non-hydrogen) atoms. The fraction of sp³-hybridized carbons (Fsp3) is 0.300. The van der Waals surface area contributed by atoms with Gasteiger partial charge in [0.15, 0.2) is 0 Å². The lowest BCUT2D eigenvalue weighted by Gasteiger charge is -2.24. The van der Waals surface area contributed by atoms with Crippen LogP contribution in [0.15, 0.2) is 54.6 Å². The van der Waals surface area contributed by atoms with E-state index in [9.17, 15) is 9.59 Å². The van der Waals surface area contributed by atoms with Gasteiger partial charge in [-0.2, -0.15) is 0 Å². The van der Waals surface area contributed by atoms with Gasteiger partial charge in [-0.3, -0.25) is 14.5 Å². The molecule has 0 spiro atoms. The van der Waals surface area contributed by atoms with Crippen LogP contribution in [0.4, 0.5) is 5.69 Å². The predicted octanol–water partition coefficient (Wildman–Crippen LogP) is 3.02. The second kappa shape index (κ2) is 8.44. The van der Waals surface area contributed by atoms with Crippen LogP contribution < -0.4 is 5.32 Å². The summed E-state index contributed by atoms with van der Waals surface area (Å²) in [6.45, 7) is 2.33. The lowest BCUT2D eigenvalue weighted by atomic mass is 10.1. The number of likely N-dealkylation sites (N-methyl/N-ethyl adjacent to an activating group) is 1. The zero-order valence-electron chi connectivity index (χ0n) is 15.2. The number of anilines is 1. The quantitative estimate of drug-likeness (QED) is 0.880. The Labute approximate surface area is 149 Å². The van der Waals surface area contributed by atoms with Crippen molar-refractivity contribution in [1.82, 2.24) is 9.80 Å². The summed E-state index contributed by atoms with van der Waals surface area (Å²) in [5.41, 5.74) is 2.34. The van der Waals surface area contributed by atoms with E-state index in [2.05, 4.69) is 24.4 Å². The highest BCUT2D eigenvalue weighted by Gasteiger charge is 2.15. The Hall–Kier alpha value is -2.66. The highest BCUT2D eigenvalue weighted by Crippen LogP contribution is 2.18. The van der Waals surface area contributed by atoms with Gasteiger partial charge < -0.3 is 10.2 Å². The fourth-order valence-electron chi connectivity index (χ4n) is 2.54. The highest BCUT2D eigenvalue weighted by atomic mass is 16.2. The molecule has 2 aromatic rings. The van der Waals surface area contributed by atoms with Crippen molar-refractivity contribution in [3.8, 4) is 0 Å². The predicted molar refractivity (Wildman–Crippen MR) is 101 cm³/mol. The average Bonchev–Trinajstić information content (AvgIpc) is 2.61. The molecule has 0 aromatic heterocycles. The summed E-state index contributed by atoms with van der Waals surface area (Å²) >= 11 is 0. The van der Waals surface area contributed by atoms with Gasteiger partial charge >= 0.3 is 0 Å².